The highest BCUT2D eigenvalue weighted by Gasteiger charge is 2.04. The highest BCUT2D eigenvalue weighted by atomic mass is 15.1. The van der Waals surface area contributed by atoms with Crippen LogP contribution in [0.3, 0.4) is 0 Å². The van der Waals surface area contributed by atoms with Crippen molar-refractivity contribution in [3.8, 4) is 0 Å². The van der Waals surface area contributed by atoms with Gasteiger partial charge >= 0.3 is 0 Å². The van der Waals surface area contributed by atoms with Crippen LogP contribution >= 0.6 is 0 Å². The molecule has 0 aliphatic heterocycles. The van der Waals surface area contributed by atoms with E-state index in [9.17, 15) is 0 Å². The largest absolute Gasteiger partial charge is 0.369 e. The number of fused-ring (bicyclic) bond motifs is 1. The van der Waals surface area contributed by atoms with Gasteiger partial charge in [-0.05, 0) is 45.6 Å². The van der Waals surface area contributed by atoms with Crippen LogP contribution in [-0.4, -0.2) is 42.1 Å². The fourth-order valence-corrected chi connectivity index (χ4v) is 1.99. The molecule has 0 amide bonds. The summed E-state index contributed by atoms with van der Waals surface area (Å²) in [5, 5.41) is 4.37. The highest BCUT2D eigenvalue weighted by Crippen LogP contribution is 2.20. The number of nitrogen functional groups attached to an aromatic ring is 1. The molecule has 102 valence electrons. The predicted octanol–water partition coefficient (Wildman–Crippen LogP) is 1.97. The van der Waals surface area contributed by atoms with E-state index in [-0.39, 0.29) is 0 Å². The first-order valence-electron chi connectivity index (χ1n) is 6.57. The van der Waals surface area contributed by atoms with Crippen LogP contribution in [-0.2, 0) is 0 Å². The van der Waals surface area contributed by atoms with Gasteiger partial charge in [-0.2, -0.15) is 4.98 Å². The van der Waals surface area contributed by atoms with Crippen LogP contribution in [0.5, 0.6) is 0 Å². The van der Waals surface area contributed by atoms with E-state index in [0.29, 0.717) is 5.95 Å². The minimum Gasteiger partial charge on any atom is -0.369 e. The molecule has 0 aliphatic carbocycles. The lowest BCUT2D eigenvalue weighted by Crippen LogP contribution is -2.14. The number of unbranched alkanes of at least 4 members (excludes halogenated alkanes) is 1. The molecular weight excluding hydrogens is 238 g/mol. The number of benzene rings is 1. The Morgan fingerprint density at radius 2 is 1.95 bits per heavy atom. The summed E-state index contributed by atoms with van der Waals surface area (Å²) < 4.78 is 0. The van der Waals surface area contributed by atoms with Crippen LogP contribution in [0, 0.1) is 0 Å². The monoisotopic (exact) mass is 259 g/mol. The number of anilines is 2. The third-order valence-corrected chi connectivity index (χ3v) is 2.95. The number of hydrogen-bond acceptors (Lipinski definition) is 5. The number of nitrogens with one attached hydrogen (secondary N) is 1. The van der Waals surface area contributed by atoms with Crippen molar-refractivity contribution in [1.82, 2.24) is 14.9 Å². The first-order valence-corrected chi connectivity index (χ1v) is 6.57. The summed E-state index contributed by atoms with van der Waals surface area (Å²) in [6.07, 6.45) is 2.27. The highest BCUT2D eigenvalue weighted by molar-refractivity contribution is 5.89. The van der Waals surface area contributed by atoms with E-state index < -0.39 is 0 Å². The lowest BCUT2D eigenvalue weighted by Gasteiger charge is -2.11. The molecule has 0 bridgehead atoms. The Labute approximate surface area is 113 Å². The van der Waals surface area contributed by atoms with Crippen LogP contribution in [0.2, 0.25) is 0 Å². The molecule has 0 radical (unpaired) electrons. The second-order valence-electron chi connectivity index (χ2n) is 4.88. The van der Waals surface area contributed by atoms with E-state index in [0.717, 1.165) is 36.2 Å². The molecule has 1 aromatic carbocycles. The molecule has 0 fully saturated rings. The second kappa shape index (κ2) is 6.33. The zero-order chi connectivity index (χ0) is 13.7. The van der Waals surface area contributed by atoms with Crippen molar-refractivity contribution >= 4 is 22.7 Å². The number of rotatable bonds is 6. The summed E-state index contributed by atoms with van der Waals surface area (Å²) in [7, 11) is 4.18. The molecule has 2 aromatic rings. The molecule has 5 nitrogen and oxygen atoms in total. The maximum Gasteiger partial charge on any atom is 0.222 e. The van der Waals surface area contributed by atoms with Gasteiger partial charge in [0.05, 0.1) is 5.52 Å². The van der Waals surface area contributed by atoms with Crippen molar-refractivity contribution in [2.75, 3.05) is 38.2 Å². The molecular formula is C14H21N5. The maximum absolute atomic E-state index is 5.73. The Morgan fingerprint density at radius 3 is 2.74 bits per heavy atom. The van der Waals surface area contributed by atoms with Gasteiger partial charge in [-0.15, -0.1) is 0 Å². The topological polar surface area (TPSA) is 67.1 Å². The van der Waals surface area contributed by atoms with Gasteiger partial charge in [0.15, 0.2) is 0 Å². The molecule has 5 heteroatoms. The normalized spacial score (nSPS) is 11.1. The average Bonchev–Trinajstić information content (AvgIpc) is 2.37. The molecule has 1 heterocycles. The molecule has 0 spiro atoms. The molecule has 0 unspecified atom stereocenters. The Balaban J connectivity index is 2.00. The van der Waals surface area contributed by atoms with Crippen LogP contribution in [0.1, 0.15) is 12.8 Å². The number of nitrogens with two attached hydrogens (primary N) is 1. The van der Waals surface area contributed by atoms with Gasteiger partial charge in [0, 0.05) is 11.9 Å². The summed E-state index contributed by atoms with van der Waals surface area (Å²) in [6, 6.07) is 7.90. The molecule has 3 N–H and O–H groups in total. The zero-order valence-electron chi connectivity index (χ0n) is 11.6. The first kappa shape index (κ1) is 13.5. The van der Waals surface area contributed by atoms with Crippen molar-refractivity contribution in [2.24, 2.45) is 0 Å². The summed E-state index contributed by atoms with van der Waals surface area (Å²) in [5.74, 6) is 1.14. The van der Waals surface area contributed by atoms with Gasteiger partial charge in [-0.3, -0.25) is 0 Å². The van der Waals surface area contributed by atoms with E-state index in [1.807, 2.05) is 24.3 Å². The number of nitrogens with zero attached hydrogens (tertiary/aromatic N) is 3. The van der Waals surface area contributed by atoms with Crippen LogP contribution in [0.25, 0.3) is 10.9 Å². The predicted molar refractivity (Wildman–Crippen MR) is 80.2 cm³/mol. The fourth-order valence-electron chi connectivity index (χ4n) is 1.99. The van der Waals surface area contributed by atoms with E-state index in [2.05, 4.69) is 34.3 Å². The number of aromatic nitrogens is 2. The van der Waals surface area contributed by atoms with Crippen molar-refractivity contribution in [3.05, 3.63) is 24.3 Å². The van der Waals surface area contributed by atoms with Crippen molar-refractivity contribution in [2.45, 2.75) is 12.8 Å². The molecule has 19 heavy (non-hydrogen) atoms. The van der Waals surface area contributed by atoms with Crippen LogP contribution in [0.4, 0.5) is 11.8 Å². The van der Waals surface area contributed by atoms with Gasteiger partial charge in [0.25, 0.3) is 0 Å². The second-order valence-corrected chi connectivity index (χ2v) is 4.88. The molecule has 0 saturated carbocycles. The fraction of sp³-hybridized carbons (Fsp3) is 0.429. The summed E-state index contributed by atoms with van der Waals surface area (Å²) in [5.41, 5.74) is 6.61. The Hall–Kier alpha value is -1.88. The van der Waals surface area contributed by atoms with Gasteiger partial charge in [-0.1, -0.05) is 12.1 Å². The molecule has 0 atom stereocenters. The van der Waals surface area contributed by atoms with E-state index >= 15 is 0 Å². The first-order chi connectivity index (χ1) is 9.16. The quantitative estimate of drug-likeness (QED) is 0.776. The summed E-state index contributed by atoms with van der Waals surface area (Å²) >= 11 is 0. The molecule has 2 rings (SSSR count). The molecule has 0 saturated heterocycles. The summed E-state index contributed by atoms with van der Waals surface area (Å²) in [4.78, 5) is 10.7. The third kappa shape index (κ3) is 3.79. The molecule has 1 aromatic heterocycles. The average molecular weight is 259 g/mol. The minimum atomic E-state index is 0.314. The summed E-state index contributed by atoms with van der Waals surface area (Å²) in [6.45, 7) is 2.00. The Bertz CT molecular complexity index is 538. The van der Waals surface area contributed by atoms with Gasteiger partial charge < -0.3 is 16.0 Å². The SMILES string of the molecule is CN(C)CCCCNc1nc(N)nc2ccccc12. The Kier molecular flexibility index (Phi) is 4.52. The third-order valence-electron chi connectivity index (χ3n) is 2.95. The lowest BCUT2D eigenvalue weighted by molar-refractivity contribution is 0.396. The van der Waals surface area contributed by atoms with E-state index in [4.69, 9.17) is 5.73 Å². The van der Waals surface area contributed by atoms with Gasteiger partial charge in [0.2, 0.25) is 5.95 Å². The van der Waals surface area contributed by atoms with E-state index in [1.165, 1.54) is 6.42 Å². The maximum atomic E-state index is 5.73. The van der Waals surface area contributed by atoms with Gasteiger partial charge in [-0.25, -0.2) is 4.98 Å². The standard InChI is InChI=1S/C14H21N5/c1-19(2)10-6-5-9-16-13-11-7-3-4-8-12(11)17-14(15)18-13/h3-4,7-8H,5-6,9-10H2,1-2H3,(H3,15,16,17,18). The minimum absolute atomic E-state index is 0.314. The van der Waals surface area contributed by atoms with E-state index in [1.54, 1.807) is 0 Å². The van der Waals surface area contributed by atoms with Gasteiger partial charge in [0.1, 0.15) is 5.82 Å². The Morgan fingerprint density at radius 1 is 1.16 bits per heavy atom. The van der Waals surface area contributed by atoms with Crippen molar-refractivity contribution in [1.29, 1.82) is 0 Å². The van der Waals surface area contributed by atoms with Crippen molar-refractivity contribution in [3.63, 3.8) is 0 Å². The number of hydrogen-bond donors (Lipinski definition) is 2. The van der Waals surface area contributed by atoms with Crippen LogP contribution < -0.4 is 11.1 Å². The molecule has 0 aliphatic rings. The van der Waals surface area contributed by atoms with Crippen LogP contribution in [0.15, 0.2) is 24.3 Å². The number of para-hydroxylation sites is 1. The zero-order valence-corrected chi connectivity index (χ0v) is 11.6. The smallest absolute Gasteiger partial charge is 0.222 e. The lowest BCUT2D eigenvalue weighted by atomic mass is 10.2. The van der Waals surface area contributed by atoms with Crippen molar-refractivity contribution < 1.29 is 0 Å².